The molecule has 0 aliphatic rings. The second kappa shape index (κ2) is 4.40. The van der Waals surface area contributed by atoms with E-state index in [0.29, 0.717) is 17.1 Å². The highest BCUT2D eigenvalue weighted by Crippen LogP contribution is 2.20. The van der Waals surface area contributed by atoms with Gasteiger partial charge in [-0.05, 0) is 25.1 Å². The van der Waals surface area contributed by atoms with Crippen LogP contribution in [-0.4, -0.2) is 20.8 Å². The number of nitrogens with two attached hydrogens (primary N) is 1. The van der Waals surface area contributed by atoms with E-state index in [-0.39, 0.29) is 17.2 Å². The Balaban J connectivity index is 2.27. The molecule has 2 aromatic rings. The largest absolute Gasteiger partial charge is 0.508 e. The van der Waals surface area contributed by atoms with Gasteiger partial charge in [0.2, 0.25) is 0 Å². The van der Waals surface area contributed by atoms with Crippen LogP contribution >= 0.6 is 0 Å². The second-order valence-corrected chi connectivity index (χ2v) is 4.03. The van der Waals surface area contributed by atoms with Gasteiger partial charge in [0.25, 0.3) is 5.91 Å². The summed E-state index contributed by atoms with van der Waals surface area (Å²) in [5.41, 5.74) is 7.57. The van der Waals surface area contributed by atoms with Crippen molar-refractivity contribution < 1.29 is 9.90 Å². The summed E-state index contributed by atoms with van der Waals surface area (Å²) in [4.78, 5) is 12.0. The van der Waals surface area contributed by atoms with Gasteiger partial charge in [0.1, 0.15) is 5.75 Å². The predicted molar refractivity (Wildman–Crippen MR) is 68.4 cm³/mol. The Morgan fingerprint density at radius 3 is 2.83 bits per heavy atom. The van der Waals surface area contributed by atoms with Gasteiger partial charge in [0.15, 0.2) is 0 Å². The Labute approximate surface area is 104 Å². The predicted octanol–water partition coefficient (Wildman–Crippen LogP) is 1.27. The molecule has 0 radical (unpaired) electrons. The van der Waals surface area contributed by atoms with Crippen molar-refractivity contribution in [1.29, 1.82) is 0 Å². The Hall–Kier alpha value is -2.50. The Bertz CT molecular complexity index is 604. The number of nitrogens with zero attached hydrogens (tertiary/aromatic N) is 2. The minimum Gasteiger partial charge on any atom is -0.508 e. The third-order valence-corrected chi connectivity index (χ3v) is 2.54. The topological polar surface area (TPSA) is 93.2 Å². The number of rotatable bonds is 2. The Morgan fingerprint density at radius 1 is 1.50 bits per heavy atom. The molecule has 1 aromatic heterocycles. The van der Waals surface area contributed by atoms with Gasteiger partial charge in [0, 0.05) is 18.9 Å². The Morgan fingerprint density at radius 2 is 2.22 bits per heavy atom. The quantitative estimate of drug-likeness (QED) is 0.549. The maximum atomic E-state index is 12.0. The molecule has 0 saturated heterocycles. The summed E-state index contributed by atoms with van der Waals surface area (Å²) in [6, 6.07) is 4.25. The van der Waals surface area contributed by atoms with Gasteiger partial charge in [-0.3, -0.25) is 9.48 Å². The molecule has 0 fully saturated rings. The number of benzene rings is 1. The van der Waals surface area contributed by atoms with Crippen LogP contribution in [-0.2, 0) is 7.05 Å². The molecule has 0 atom stereocenters. The van der Waals surface area contributed by atoms with Gasteiger partial charge in [-0.2, -0.15) is 5.10 Å². The fraction of sp³-hybridized carbons (Fsp3) is 0.167. The number of nitrogens with one attached hydrogen (secondary N) is 1. The van der Waals surface area contributed by atoms with Gasteiger partial charge < -0.3 is 16.2 Å². The number of carbonyl (C=O) groups excluding carboxylic acids is 1. The zero-order valence-corrected chi connectivity index (χ0v) is 10.1. The summed E-state index contributed by atoms with van der Waals surface area (Å²) >= 11 is 0. The molecule has 4 N–H and O–H groups in total. The molecule has 6 nitrogen and oxygen atoms in total. The molecule has 94 valence electrons. The van der Waals surface area contributed by atoms with E-state index in [9.17, 15) is 9.90 Å². The fourth-order valence-electron chi connectivity index (χ4n) is 1.65. The number of phenolic OH excluding ortho intramolecular Hbond substituents is 1. The molecule has 0 aliphatic heterocycles. The molecule has 1 aromatic carbocycles. The number of carbonyl (C=O) groups is 1. The average Bonchev–Trinajstić information content (AvgIpc) is 2.61. The van der Waals surface area contributed by atoms with Crippen LogP contribution in [0.3, 0.4) is 0 Å². The number of nitrogen functional groups attached to an aromatic ring is 1. The van der Waals surface area contributed by atoms with Crippen molar-refractivity contribution in [2.45, 2.75) is 6.92 Å². The van der Waals surface area contributed by atoms with E-state index >= 15 is 0 Å². The second-order valence-electron chi connectivity index (χ2n) is 4.03. The number of aromatic hydroxyl groups is 1. The van der Waals surface area contributed by atoms with Gasteiger partial charge in [-0.1, -0.05) is 0 Å². The lowest BCUT2D eigenvalue weighted by Gasteiger charge is -2.06. The monoisotopic (exact) mass is 246 g/mol. The van der Waals surface area contributed by atoms with Crippen LogP contribution in [0.15, 0.2) is 24.4 Å². The first-order valence-corrected chi connectivity index (χ1v) is 5.37. The van der Waals surface area contributed by atoms with Crippen LogP contribution < -0.4 is 11.1 Å². The summed E-state index contributed by atoms with van der Waals surface area (Å²) in [5, 5.41) is 16.2. The molecule has 0 aliphatic carbocycles. The lowest BCUT2D eigenvalue weighted by Crippen LogP contribution is -2.14. The van der Waals surface area contributed by atoms with Crippen LogP contribution in [0.1, 0.15) is 16.1 Å². The van der Waals surface area contributed by atoms with Gasteiger partial charge in [-0.25, -0.2) is 0 Å². The molecule has 0 spiro atoms. The highest BCUT2D eigenvalue weighted by molar-refractivity contribution is 6.08. The number of aryl methyl sites for hydroxylation is 2. The van der Waals surface area contributed by atoms with Crippen molar-refractivity contribution in [2.75, 3.05) is 11.1 Å². The summed E-state index contributed by atoms with van der Waals surface area (Å²) in [6.07, 6.45) is 1.70. The first-order valence-electron chi connectivity index (χ1n) is 5.37. The van der Waals surface area contributed by atoms with Crippen LogP contribution in [0.4, 0.5) is 11.4 Å². The van der Waals surface area contributed by atoms with Crippen LogP contribution in [0, 0.1) is 6.92 Å². The van der Waals surface area contributed by atoms with Crippen molar-refractivity contribution in [2.24, 2.45) is 7.05 Å². The van der Waals surface area contributed by atoms with Gasteiger partial charge in [0.05, 0.1) is 16.9 Å². The number of amides is 1. The summed E-state index contributed by atoms with van der Waals surface area (Å²) in [7, 11) is 1.77. The molecule has 2 rings (SSSR count). The zero-order valence-electron chi connectivity index (χ0n) is 10.1. The molecule has 1 heterocycles. The fourth-order valence-corrected chi connectivity index (χ4v) is 1.65. The number of aromatic nitrogens is 2. The van der Waals surface area contributed by atoms with Crippen molar-refractivity contribution in [1.82, 2.24) is 9.78 Å². The third kappa shape index (κ3) is 2.27. The molecule has 6 heteroatoms. The third-order valence-electron chi connectivity index (χ3n) is 2.54. The number of anilines is 2. The number of hydrogen-bond acceptors (Lipinski definition) is 4. The molecule has 0 saturated carbocycles. The molecular weight excluding hydrogens is 232 g/mol. The maximum Gasteiger partial charge on any atom is 0.257 e. The highest BCUT2D eigenvalue weighted by Gasteiger charge is 2.13. The van der Waals surface area contributed by atoms with Crippen molar-refractivity contribution in [3.05, 3.63) is 35.7 Å². The van der Waals surface area contributed by atoms with Crippen LogP contribution in [0.25, 0.3) is 0 Å². The molecule has 0 bridgehead atoms. The summed E-state index contributed by atoms with van der Waals surface area (Å²) < 4.78 is 1.61. The Kier molecular flexibility index (Phi) is 2.93. The van der Waals surface area contributed by atoms with Crippen molar-refractivity contribution >= 4 is 17.3 Å². The minimum absolute atomic E-state index is 0.00254. The lowest BCUT2D eigenvalue weighted by molar-refractivity contribution is 0.102. The van der Waals surface area contributed by atoms with Crippen LogP contribution in [0.5, 0.6) is 5.75 Å². The van der Waals surface area contributed by atoms with E-state index in [4.69, 9.17) is 5.73 Å². The van der Waals surface area contributed by atoms with Crippen molar-refractivity contribution in [3.8, 4) is 5.75 Å². The first-order chi connectivity index (χ1) is 8.47. The van der Waals surface area contributed by atoms with E-state index in [1.54, 1.807) is 24.9 Å². The van der Waals surface area contributed by atoms with E-state index < -0.39 is 0 Å². The first kappa shape index (κ1) is 12.0. The standard InChI is InChI=1S/C12H14N4O2/c1-7-11(6-16(2)15-7)14-12(18)9-5-8(17)3-4-10(9)13/h3-6,17H,13H2,1-2H3,(H,14,18). The smallest absolute Gasteiger partial charge is 0.257 e. The van der Waals surface area contributed by atoms with E-state index in [1.807, 2.05) is 0 Å². The molecule has 0 unspecified atom stereocenters. The normalized spacial score (nSPS) is 10.3. The average molecular weight is 246 g/mol. The molecule has 1 amide bonds. The van der Waals surface area contributed by atoms with Gasteiger partial charge >= 0.3 is 0 Å². The summed E-state index contributed by atoms with van der Waals surface area (Å²) in [5.74, 6) is -0.378. The number of hydrogen-bond donors (Lipinski definition) is 3. The van der Waals surface area contributed by atoms with E-state index in [0.717, 1.165) is 0 Å². The van der Waals surface area contributed by atoms with E-state index in [2.05, 4.69) is 10.4 Å². The summed E-state index contributed by atoms with van der Waals surface area (Å²) in [6.45, 7) is 1.79. The lowest BCUT2D eigenvalue weighted by atomic mass is 10.1. The minimum atomic E-state index is -0.375. The SMILES string of the molecule is Cc1nn(C)cc1NC(=O)c1cc(O)ccc1N. The maximum absolute atomic E-state index is 12.0. The van der Waals surface area contributed by atoms with Gasteiger partial charge in [-0.15, -0.1) is 0 Å². The number of phenols is 1. The zero-order chi connectivity index (χ0) is 13.3. The van der Waals surface area contributed by atoms with Crippen molar-refractivity contribution in [3.63, 3.8) is 0 Å². The van der Waals surface area contributed by atoms with E-state index in [1.165, 1.54) is 18.2 Å². The molecule has 18 heavy (non-hydrogen) atoms. The van der Waals surface area contributed by atoms with Crippen LogP contribution in [0.2, 0.25) is 0 Å². The molecular formula is C12H14N4O2. The highest BCUT2D eigenvalue weighted by atomic mass is 16.3.